The van der Waals surface area contributed by atoms with Crippen LogP contribution in [0.4, 0.5) is 5.69 Å². The third kappa shape index (κ3) is 2.26. The van der Waals surface area contributed by atoms with Gasteiger partial charge in [-0.05, 0) is 12.1 Å². The molecular formula is C8H6N6O10. The molecule has 1 N–H and O–H groups in total. The van der Waals surface area contributed by atoms with Crippen molar-refractivity contribution in [3.05, 3.63) is 80.9 Å². The van der Waals surface area contributed by atoms with E-state index in [1.165, 1.54) is 23.5 Å². The second-order valence-electron chi connectivity index (χ2n) is 4.08. The molecule has 0 spiro atoms. The molecule has 0 aliphatic carbocycles. The Hall–Kier alpha value is -3.98. The van der Waals surface area contributed by atoms with Gasteiger partial charge in [0.15, 0.2) is 14.8 Å². The summed E-state index contributed by atoms with van der Waals surface area (Å²) >= 11 is 0. The summed E-state index contributed by atoms with van der Waals surface area (Å²) in [6.45, 7) is 0. The van der Waals surface area contributed by atoms with E-state index in [4.69, 9.17) is 0 Å². The number of nitrogens with one attached hydrogen (secondary N) is 1. The lowest BCUT2D eigenvalue weighted by Gasteiger charge is -2.18. The van der Waals surface area contributed by atoms with Gasteiger partial charge in [0, 0.05) is 5.69 Å². The smallest absolute Gasteiger partial charge is 0.256 e. The Bertz CT molecular complexity index is 669. The van der Waals surface area contributed by atoms with Crippen LogP contribution in [0.5, 0.6) is 0 Å². The molecule has 24 heavy (non-hydrogen) atoms. The Morgan fingerprint density at radius 2 is 1.04 bits per heavy atom. The normalized spacial score (nSPS) is 11.3. The van der Waals surface area contributed by atoms with E-state index in [1.54, 1.807) is 0 Å². The fraction of sp³-hybridized carbons (Fsp3) is 0.250. The van der Waals surface area contributed by atoms with Crippen molar-refractivity contribution in [2.75, 3.05) is 5.32 Å². The predicted molar refractivity (Wildman–Crippen MR) is 70.5 cm³/mol. The maximum atomic E-state index is 11.2. The van der Waals surface area contributed by atoms with Crippen LogP contribution in [0.2, 0.25) is 0 Å². The molecule has 128 valence electrons. The summed E-state index contributed by atoms with van der Waals surface area (Å²) in [5.74, 6) is -9.65. The van der Waals surface area contributed by atoms with Crippen LogP contribution in [0, 0.1) is 50.6 Å². The summed E-state index contributed by atoms with van der Waals surface area (Å²) in [6, 6.07) is 5.59. The molecule has 0 aromatic heterocycles. The highest BCUT2D eigenvalue weighted by Crippen LogP contribution is 2.32. The van der Waals surface area contributed by atoms with Crippen LogP contribution in [-0.4, -0.2) is 36.2 Å². The highest BCUT2D eigenvalue weighted by atomic mass is 16.8. The van der Waals surface area contributed by atoms with Gasteiger partial charge in [0.05, 0.1) is 0 Å². The van der Waals surface area contributed by atoms with E-state index >= 15 is 0 Å². The molecule has 1 aromatic rings. The zero-order chi connectivity index (χ0) is 18.7. The molecule has 0 saturated carbocycles. The fourth-order valence-corrected chi connectivity index (χ4v) is 1.79. The summed E-state index contributed by atoms with van der Waals surface area (Å²) in [4.78, 5) is 44.4. The molecule has 0 aliphatic rings. The molecule has 0 heterocycles. The predicted octanol–water partition coefficient (Wildman–Crippen LogP) is -0.210. The first-order chi connectivity index (χ1) is 11.0. The Labute approximate surface area is 129 Å². The lowest BCUT2D eigenvalue weighted by molar-refractivity contribution is -1.05. The van der Waals surface area contributed by atoms with Gasteiger partial charge in [0.25, 0.3) is 0 Å². The summed E-state index contributed by atoms with van der Waals surface area (Å²) in [7, 11) is 0. The van der Waals surface area contributed by atoms with Gasteiger partial charge in [0.2, 0.25) is 0 Å². The van der Waals surface area contributed by atoms with Gasteiger partial charge in [-0.15, -0.1) is 0 Å². The highest BCUT2D eigenvalue weighted by molar-refractivity contribution is 5.44. The molecule has 16 heteroatoms. The van der Waals surface area contributed by atoms with Gasteiger partial charge in [-0.1, -0.05) is 18.2 Å². The van der Waals surface area contributed by atoms with Gasteiger partial charge in [0.1, 0.15) is 9.85 Å². The molecule has 0 unspecified atom stereocenters. The lowest BCUT2D eigenvalue weighted by Crippen LogP contribution is -2.78. The molecular weight excluding hydrogens is 340 g/mol. The number of nitro groups is 5. The number of benzene rings is 1. The van der Waals surface area contributed by atoms with E-state index in [0.29, 0.717) is 0 Å². The van der Waals surface area contributed by atoms with Crippen LogP contribution in [0.25, 0.3) is 0 Å². The molecule has 0 aliphatic heterocycles. The molecule has 0 saturated heterocycles. The molecule has 0 fully saturated rings. The Balaban J connectivity index is 3.89. The molecule has 1 aromatic carbocycles. The van der Waals surface area contributed by atoms with Crippen LogP contribution in [0.3, 0.4) is 0 Å². The Kier molecular flexibility index (Phi) is 4.54. The van der Waals surface area contributed by atoms with Crippen LogP contribution >= 0.6 is 0 Å². The van der Waals surface area contributed by atoms with Crippen LogP contribution in [0.1, 0.15) is 0 Å². The van der Waals surface area contributed by atoms with Crippen molar-refractivity contribution in [3.8, 4) is 0 Å². The van der Waals surface area contributed by atoms with Gasteiger partial charge in [-0.2, -0.15) is 0 Å². The molecule has 0 radical (unpaired) electrons. The SMILES string of the molecule is O=[N+]([O-])C(Nc1ccccc1)([N+](=O)[O-])C([N+](=O)[O-])([N+](=O)[O-])[N+](=O)[O-]. The summed E-state index contributed by atoms with van der Waals surface area (Å²) in [5.41, 5.74) is -0.555. The van der Waals surface area contributed by atoms with Crippen LogP contribution in [-0.2, 0) is 0 Å². The van der Waals surface area contributed by atoms with E-state index in [1.807, 2.05) is 0 Å². The third-order valence-electron chi connectivity index (χ3n) is 2.85. The minimum atomic E-state index is -5.03. The molecule has 0 amide bonds. The van der Waals surface area contributed by atoms with E-state index in [9.17, 15) is 50.6 Å². The van der Waals surface area contributed by atoms with Gasteiger partial charge in [-0.3, -0.25) is 50.6 Å². The average Bonchev–Trinajstić information content (AvgIpc) is 2.45. The highest BCUT2D eigenvalue weighted by Gasteiger charge is 3.04. The first-order valence-corrected chi connectivity index (χ1v) is 5.60. The van der Waals surface area contributed by atoms with Crippen molar-refractivity contribution in [2.45, 2.75) is 11.6 Å². The minimum absolute atomic E-state index is 0.555. The first-order valence-electron chi connectivity index (χ1n) is 5.60. The molecule has 16 nitrogen and oxygen atoms in total. The minimum Gasteiger partial charge on any atom is -0.256 e. The molecule has 0 bridgehead atoms. The molecule has 0 atom stereocenters. The maximum absolute atomic E-state index is 11.2. The van der Waals surface area contributed by atoms with Crippen LogP contribution < -0.4 is 5.32 Å². The van der Waals surface area contributed by atoms with Crippen molar-refractivity contribution in [2.24, 2.45) is 0 Å². The summed E-state index contributed by atoms with van der Waals surface area (Å²) in [5, 5.41) is 56.9. The van der Waals surface area contributed by atoms with E-state index in [-0.39, 0.29) is 0 Å². The monoisotopic (exact) mass is 346 g/mol. The van der Waals surface area contributed by atoms with Gasteiger partial charge >= 0.3 is 11.6 Å². The van der Waals surface area contributed by atoms with Crippen molar-refractivity contribution in [3.63, 3.8) is 0 Å². The topological polar surface area (TPSA) is 228 Å². The second-order valence-corrected chi connectivity index (χ2v) is 4.08. The summed E-state index contributed by atoms with van der Waals surface area (Å²) in [6.07, 6.45) is 0. The number of hydrogen-bond acceptors (Lipinski definition) is 11. The zero-order valence-electron chi connectivity index (χ0n) is 11.2. The lowest BCUT2D eigenvalue weighted by atomic mass is 10.1. The van der Waals surface area contributed by atoms with Crippen LogP contribution in [0.15, 0.2) is 30.3 Å². The van der Waals surface area contributed by atoms with E-state index < -0.39 is 41.9 Å². The average molecular weight is 346 g/mol. The van der Waals surface area contributed by atoms with Crippen molar-refractivity contribution < 1.29 is 24.6 Å². The third-order valence-corrected chi connectivity index (χ3v) is 2.85. The van der Waals surface area contributed by atoms with E-state index in [2.05, 4.69) is 0 Å². The Morgan fingerprint density at radius 3 is 1.33 bits per heavy atom. The first kappa shape index (κ1) is 18.1. The quantitative estimate of drug-likeness (QED) is 0.367. The van der Waals surface area contributed by atoms with Crippen molar-refractivity contribution >= 4 is 5.69 Å². The van der Waals surface area contributed by atoms with E-state index in [0.717, 1.165) is 12.1 Å². The van der Waals surface area contributed by atoms with Crippen molar-refractivity contribution in [1.29, 1.82) is 0 Å². The number of anilines is 1. The zero-order valence-corrected chi connectivity index (χ0v) is 11.2. The number of nitrogens with zero attached hydrogens (tertiary/aromatic N) is 5. The van der Waals surface area contributed by atoms with Gasteiger partial charge < -0.3 is 0 Å². The van der Waals surface area contributed by atoms with Crippen molar-refractivity contribution in [1.82, 2.24) is 0 Å². The largest absolute Gasteiger partial charge is 0.865 e. The van der Waals surface area contributed by atoms with Gasteiger partial charge in [-0.25, -0.2) is 5.32 Å². The standard InChI is InChI=1S/C8H6N6O10/c15-10(16)7(11(17)18,9-6-4-2-1-3-5-6)8(12(19)20,13(21)22)14(23)24/h1-5,9H. The number of hydrogen-bond donors (Lipinski definition) is 1. The summed E-state index contributed by atoms with van der Waals surface area (Å²) < 4.78 is 0. The second kappa shape index (κ2) is 6.02. The number of para-hydroxylation sites is 1. The Morgan fingerprint density at radius 1 is 0.667 bits per heavy atom. The molecule has 1 rings (SSSR count). The number of rotatable bonds is 8. The maximum Gasteiger partial charge on any atom is 0.865 e. The fourth-order valence-electron chi connectivity index (χ4n) is 1.79.